The van der Waals surface area contributed by atoms with Crippen LogP contribution >= 0.6 is 23.1 Å². The van der Waals surface area contributed by atoms with Crippen LogP contribution in [0.15, 0.2) is 53.1 Å². The number of nitrogens with one attached hydrogen (secondary N) is 1. The number of Topliss-reactive ketones (excluding diaryl/α,β-unsaturated/α-hetero) is 1. The van der Waals surface area contributed by atoms with E-state index in [2.05, 4.69) is 37.3 Å². The fourth-order valence-corrected chi connectivity index (χ4v) is 5.19. The second-order valence-corrected chi connectivity index (χ2v) is 9.47. The summed E-state index contributed by atoms with van der Waals surface area (Å²) in [6.45, 7) is 1.96. The Hall–Kier alpha value is -2.38. The smallest absolute Gasteiger partial charge is 0.192 e. The van der Waals surface area contributed by atoms with Gasteiger partial charge in [-0.3, -0.25) is 4.79 Å². The lowest BCUT2D eigenvalue weighted by Crippen LogP contribution is -2.14. The molecule has 1 fully saturated rings. The number of para-hydroxylation sites is 1. The monoisotopic (exact) mass is 408 g/mol. The van der Waals surface area contributed by atoms with E-state index in [0.29, 0.717) is 6.04 Å². The van der Waals surface area contributed by atoms with Crippen LogP contribution in [0.3, 0.4) is 0 Å². The summed E-state index contributed by atoms with van der Waals surface area (Å²) in [4.78, 5) is 17.6. The summed E-state index contributed by atoms with van der Waals surface area (Å²) in [7, 11) is 0. The number of hydrogen-bond donors (Lipinski definition) is 1. The average molecular weight is 409 g/mol. The van der Waals surface area contributed by atoms with Crippen LogP contribution in [-0.2, 0) is 6.42 Å². The number of rotatable bonds is 7. The van der Waals surface area contributed by atoms with Crippen LogP contribution in [0, 0.1) is 0 Å². The second-order valence-electron chi connectivity index (χ2n) is 7.13. The number of carbonyl (C=O) groups excluding carboxylic acids is 1. The highest BCUT2D eigenvalue weighted by Crippen LogP contribution is 2.40. The van der Waals surface area contributed by atoms with Crippen molar-refractivity contribution in [3.8, 4) is 0 Å². The van der Waals surface area contributed by atoms with Crippen LogP contribution < -0.4 is 0 Å². The van der Waals surface area contributed by atoms with Crippen LogP contribution in [0.2, 0.25) is 0 Å². The Morgan fingerprint density at radius 3 is 2.93 bits per heavy atom. The van der Waals surface area contributed by atoms with E-state index in [1.165, 1.54) is 16.6 Å². The first-order valence-electron chi connectivity index (χ1n) is 9.44. The predicted octanol–water partition coefficient (Wildman–Crippen LogP) is 5.11. The highest BCUT2D eigenvalue weighted by Gasteiger charge is 2.31. The van der Waals surface area contributed by atoms with Crippen LogP contribution in [0.5, 0.6) is 0 Å². The van der Waals surface area contributed by atoms with Gasteiger partial charge in [0.15, 0.2) is 10.9 Å². The molecule has 142 valence electrons. The molecular formula is C21H20N4OS2. The average Bonchev–Trinajstić information content (AvgIpc) is 3.09. The van der Waals surface area contributed by atoms with E-state index in [1.807, 2.05) is 37.4 Å². The van der Waals surface area contributed by atoms with Crippen LogP contribution in [0.1, 0.15) is 46.9 Å². The van der Waals surface area contributed by atoms with E-state index < -0.39 is 0 Å². The first-order valence-corrected chi connectivity index (χ1v) is 11.2. The number of ketones is 1. The minimum Gasteiger partial charge on any atom is -0.360 e. The van der Waals surface area contributed by atoms with Crippen molar-refractivity contribution in [3.63, 3.8) is 0 Å². The van der Waals surface area contributed by atoms with Gasteiger partial charge in [0.25, 0.3) is 0 Å². The summed E-state index contributed by atoms with van der Waals surface area (Å²) in [6.07, 6.45) is 4.94. The van der Waals surface area contributed by atoms with Crippen molar-refractivity contribution >= 4 is 39.8 Å². The Morgan fingerprint density at radius 1 is 1.29 bits per heavy atom. The molecule has 1 aliphatic rings. The van der Waals surface area contributed by atoms with Gasteiger partial charge < -0.3 is 9.55 Å². The zero-order chi connectivity index (χ0) is 19.1. The largest absolute Gasteiger partial charge is 0.360 e. The summed E-state index contributed by atoms with van der Waals surface area (Å²) in [5.74, 6) is 1.12. The fraction of sp³-hybridized carbons (Fsp3) is 0.286. The maximum Gasteiger partial charge on any atom is 0.192 e. The molecule has 5 rings (SSSR count). The number of fused-ring (bicyclic) bond motifs is 1. The molecule has 1 atom stereocenters. The van der Waals surface area contributed by atoms with E-state index in [-0.39, 0.29) is 11.0 Å². The standard InChI is InChI=1S/C21H20N4OS2/c1-13(20(26)17-12-22-18-7-3-2-6-16(17)18)28-21-24-23-19(25(21)14-8-9-14)11-15-5-4-10-27-15/h2-7,10,12-14,22H,8-9,11H2,1H3/t13-/m1/s1. The van der Waals surface area contributed by atoms with Gasteiger partial charge in [0.2, 0.25) is 0 Å². The number of carbonyl (C=O) groups is 1. The third kappa shape index (κ3) is 3.29. The van der Waals surface area contributed by atoms with Gasteiger partial charge >= 0.3 is 0 Å². The number of H-pyrrole nitrogens is 1. The second kappa shape index (κ2) is 7.22. The molecule has 1 N–H and O–H groups in total. The molecule has 4 aromatic rings. The van der Waals surface area contributed by atoms with E-state index in [1.54, 1.807) is 11.3 Å². The number of hydrogen-bond acceptors (Lipinski definition) is 5. The summed E-state index contributed by atoms with van der Waals surface area (Å²) in [6, 6.07) is 12.6. The predicted molar refractivity (Wildman–Crippen MR) is 113 cm³/mol. The molecule has 0 amide bonds. The molecular weight excluding hydrogens is 388 g/mol. The van der Waals surface area contributed by atoms with Crippen molar-refractivity contribution in [1.29, 1.82) is 0 Å². The maximum atomic E-state index is 13.1. The third-order valence-corrected chi connectivity index (χ3v) is 7.00. The summed E-state index contributed by atoms with van der Waals surface area (Å²) in [5.41, 5.74) is 1.73. The number of aromatic amines is 1. The fourth-order valence-electron chi connectivity index (χ4n) is 3.48. The molecule has 0 aliphatic heterocycles. The molecule has 1 aromatic carbocycles. The van der Waals surface area contributed by atoms with Gasteiger partial charge in [0.05, 0.1) is 5.25 Å². The van der Waals surface area contributed by atoms with E-state index >= 15 is 0 Å². The molecule has 7 heteroatoms. The van der Waals surface area contributed by atoms with Crippen molar-refractivity contribution in [2.45, 2.75) is 42.6 Å². The number of aromatic nitrogens is 4. The summed E-state index contributed by atoms with van der Waals surface area (Å²) < 4.78 is 2.25. The number of benzene rings is 1. The zero-order valence-electron chi connectivity index (χ0n) is 15.5. The Labute approximate surface area is 171 Å². The van der Waals surface area contributed by atoms with Crippen molar-refractivity contribution < 1.29 is 4.79 Å². The molecule has 3 aromatic heterocycles. The minimum absolute atomic E-state index is 0.118. The topological polar surface area (TPSA) is 63.6 Å². The zero-order valence-corrected chi connectivity index (χ0v) is 17.1. The molecule has 0 spiro atoms. The molecule has 5 nitrogen and oxygen atoms in total. The quantitative estimate of drug-likeness (QED) is 0.341. The van der Waals surface area contributed by atoms with Crippen LogP contribution in [0.4, 0.5) is 0 Å². The molecule has 28 heavy (non-hydrogen) atoms. The Bertz CT molecular complexity index is 1120. The lowest BCUT2D eigenvalue weighted by Gasteiger charge is -2.12. The van der Waals surface area contributed by atoms with Gasteiger partial charge in [-0.05, 0) is 37.3 Å². The van der Waals surface area contributed by atoms with Gasteiger partial charge in [-0.1, -0.05) is 36.0 Å². The van der Waals surface area contributed by atoms with Crippen molar-refractivity contribution in [2.24, 2.45) is 0 Å². The van der Waals surface area contributed by atoms with E-state index in [9.17, 15) is 4.79 Å². The highest BCUT2D eigenvalue weighted by molar-refractivity contribution is 8.00. The van der Waals surface area contributed by atoms with Crippen LogP contribution in [-0.4, -0.2) is 30.8 Å². The molecule has 0 saturated heterocycles. The highest BCUT2D eigenvalue weighted by atomic mass is 32.2. The summed E-state index contributed by atoms with van der Waals surface area (Å²) >= 11 is 3.26. The van der Waals surface area contributed by atoms with Gasteiger partial charge in [0.1, 0.15) is 5.82 Å². The molecule has 0 unspecified atom stereocenters. The van der Waals surface area contributed by atoms with E-state index in [0.717, 1.165) is 46.7 Å². The minimum atomic E-state index is -0.226. The Morgan fingerprint density at radius 2 is 2.14 bits per heavy atom. The molecule has 0 radical (unpaired) electrons. The van der Waals surface area contributed by atoms with Crippen molar-refractivity contribution in [3.05, 3.63) is 64.2 Å². The number of thioether (sulfide) groups is 1. The van der Waals surface area contributed by atoms with Gasteiger partial charge in [0, 0.05) is 40.0 Å². The van der Waals surface area contributed by atoms with Crippen molar-refractivity contribution in [1.82, 2.24) is 19.7 Å². The molecule has 1 aliphatic carbocycles. The lowest BCUT2D eigenvalue weighted by molar-refractivity contribution is 0.0995. The van der Waals surface area contributed by atoms with Gasteiger partial charge in [-0.25, -0.2) is 0 Å². The SMILES string of the molecule is C[C@@H](Sc1nnc(Cc2cccs2)n1C1CC1)C(=O)c1c[nH]c2ccccc12. The van der Waals surface area contributed by atoms with Crippen molar-refractivity contribution in [2.75, 3.05) is 0 Å². The van der Waals surface area contributed by atoms with Crippen LogP contribution in [0.25, 0.3) is 10.9 Å². The third-order valence-electron chi connectivity index (χ3n) is 5.07. The molecule has 0 bridgehead atoms. The van der Waals surface area contributed by atoms with E-state index in [4.69, 9.17) is 0 Å². The number of thiophene rings is 1. The normalized spacial score (nSPS) is 15.2. The first kappa shape index (κ1) is 17.7. The lowest BCUT2D eigenvalue weighted by atomic mass is 10.1. The molecule has 3 heterocycles. The maximum absolute atomic E-state index is 13.1. The first-order chi connectivity index (χ1) is 13.7. The number of nitrogens with zero attached hydrogens (tertiary/aromatic N) is 3. The summed E-state index contributed by atoms with van der Waals surface area (Å²) in [5, 5.41) is 12.6. The Balaban J connectivity index is 1.39. The molecule has 1 saturated carbocycles. The van der Waals surface area contributed by atoms with Gasteiger partial charge in [-0.2, -0.15) is 0 Å². The van der Waals surface area contributed by atoms with Gasteiger partial charge in [-0.15, -0.1) is 21.5 Å². The Kier molecular flexibility index (Phi) is 4.56.